The van der Waals surface area contributed by atoms with Crippen LogP contribution in [0, 0.1) is 20.8 Å². The highest BCUT2D eigenvalue weighted by Crippen LogP contribution is 2.37. The Hall–Kier alpha value is -2.33. The standard InChI is InChI=1S/C17H15F3N2O3S2/c1-9-5-4-6-12(10(9)2)22-27(23,24)15-8-14(26-11(15)3)13-7-16(25-21-13)17(18,19)20/h4-8,22H,1-3H3. The normalized spacial score (nSPS) is 12.4. The van der Waals surface area contributed by atoms with Gasteiger partial charge in [-0.15, -0.1) is 11.3 Å². The second-order valence-corrected chi connectivity index (χ2v) is 8.87. The monoisotopic (exact) mass is 416 g/mol. The third-order valence-electron chi connectivity index (χ3n) is 4.05. The molecule has 0 aliphatic heterocycles. The predicted octanol–water partition coefficient (Wildman–Crippen LogP) is 5.15. The van der Waals surface area contributed by atoms with Crippen molar-refractivity contribution in [1.82, 2.24) is 5.16 Å². The van der Waals surface area contributed by atoms with E-state index >= 15 is 0 Å². The molecule has 1 N–H and O–H groups in total. The van der Waals surface area contributed by atoms with Gasteiger partial charge in [0.2, 0.25) is 5.76 Å². The van der Waals surface area contributed by atoms with E-state index < -0.39 is 22.0 Å². The van der Waals surface area contributed by atoms with Crippen molar-refractivity contribution in [2.45, 2.75) is 31.8 Å². The molecule has 5 nitrogen and oxygen atoms in total. The van der Waals surface area contributed by atoms with Crippen LogP contribution in [0.15, 0.2) is 39.8 Å². The van der Waals surface area contributed by atoms with Gasteiger partial charge in [-0.25, -0.2) is 8.42 Å². The second kappa shape index (κ2) is 6.68. The molecule has 0 aliphatic rings. The van der Waals surface area contributed by atoms with Crippen molar-refractivity contribution in [3.05, 3.63) is 52.1 Å². The fraction of sp³-hybridized carbons (Fsp3) is 0.235. The molecule has 0 aliphatic carbocycles. The molecule has 10 heteroatoms. The predicted molar refractivity (Wildman–Crippen MR) is 96.3 cm³/mol. The Kier molecular flexibility index (Phi) is 4.81. The lowest BCUT2D eigenvalue weighted by Crippen LogP contribution is -2.14. The van der Waals surface area contributed by atoms with E-state index in [0.29, 0.717) is 10.6 Å². The van der Waals surface area contributed by atoms with E-state index in [0.717, 1.165) is 28.5 Å². The minimum Gasteiger partial charge on any atom is -0.351 e. The van der Waals surface area contributed by atoms with Crippen LogP contribution >= 0.6 is 11.3 Å². The molecule has 0 spiro atoms. The molecule has 1 aromatic carbocycles. The molecular weight excluding hydrogens is 401 g/mol. The molecule has 2 aromatic heterocycles. The van der Waals surface area contributed by atoms with E-state index in [1.807, 2.05) is 13.0 Å². The number of nitrogens with one attached hydrogen (secondary N) is 1. The Morgan fingerprint density at radius 1 is 1.15 bits per heavy atom. The number of aromatic nitrogens is 1. The summed E-state index contributed by atoms with van der Waals surface area (Å²) >= 11 is 1.03. The molecule has 0 unspecified atom stereocenters. The Morgan fingerprint density at radius 3 is 2.48 bits per heavy atom. The van der Waals surface area contributed by atoms with Crippen LogP contribution in [0.1, 0.15) is 21.8 Å². The lowest BCUT2D eigenvalue weighted by molar-refractivity contribution is -0.155. The first-order valence-electron chi connectivity index (χ1n) is 7.73. The molecule has 0 bridgehead atoms. The smallest absolute Gasteiger partial charge is 0.351 e. The number of halogens is 3. The Labute approximate surface area is 157 Å². The van der Waals surface area contributed by atoms with Crippen LogP contribution in [0.2, 0.25) is 0 Å². The van der Waals surface area contributed by atoms with Gasteiger partial charge in [-0.1, -0.05) is 17.3 Å². The maximum absolute atomic E-state index is 12.8. The summed E-state index contributed by atoms with van der Waals surface area (Å²) in [7, 11) is -3.91. The molecule has 3 rings (SSSR count). The number of thiophene rings is 1. The third-order valence-corrected chi connectivity index (χ3v) is 6.75. The van der Waals surface area contributed by atoms with Crippen molar-refractivity contribution in [2.75, 3.05) is 4.72 Å². The highest BCUT2D eigenvalue weighted by atomic mass is 32.2. The highest BCUT2D eigenvalue weighted by Gasteiger charge is 2.36. The Bertz CT molecular complexity index is 1100. The summed E-state index contributed by atoms with van der Waals surface area (Å²) in [5.41, 5.74) is 2.10. The molecule has 144 valence electrons. The minimum atomic E-state index is -4.66. The van der Waals surface area contributed by atoms with E-state index in [1.165, 1.54) is 6.07 Å². The number of aryl methyl sites for hydroxylation is 2. The number of anilines is 1. The summed E-state index contributed by atoms with van der Waals surface area (Å²) in [5, 5.41) is 3.40. The van der Waals surface area contributed by atoms with Gasteiger partial charge in [0.1, 0.15) is 10.6 Å². The van der Waals surface area contributed by atoms with Gasteiger partial charge in [0.05, 0.1) is 10.6 Å². The quantitative estimate of drug-likeness (QED) is 0.639. The van der Waals surface area contributed by atoms with Gasteiger partial charge in [0.25, 0.3) is 10.0 Å². The molecule has 3 aromatic rings. The fourth-order valence-electron chi connectivity index (χ4n) is 2.44. The zero-order valence-corrected chi connectivity index (χ0v) is 16.1. The van der Waals surface area contributed by atoms with E-state index in [1.54, 1.807) is 26.0 Å². The van der Waals surface area contributed by atoms with E-state index in [-0.39, 0.29) is 15.5 Å². The maximum atomic E-state index is 12.8. The number of benzene rings is 1. The maximum Gasteiger partial charge on any atom is 0.452 e. The summed E-state index contributed by atoms with van der Waals surface area (Å²) in [4.78, 5) is 0.687. The number of rotatable bonds is 4. The number of nitrogens with zero attached hydrogens (tertiary/aromatic N) is 1. The molecule has 0 saturated heterocycles. The first-order valence-corrected chi connectivity index (χ1v) is 10.0. The lowest BCUT2D eigenvalue weighted by atomic mass is 10.1. The van der Waals surface area contributed by atoms with Crippen molar-refractivity contribution in [3.63, 3.8) is 0 Å². The number of sulfonamides is 1. The summed E-state index contributed by atoms with van der Waals surface area (Å²) in [5.74, 6) is -1.23. The van der Waals surface area contributed by atoms with Crippen LogP contribution in [0.4, 0.5) is 18.9 Å². The molecule has 0 radical (unpaired) electrons. The van der Waals surface area contributed by atoms with Crippen LogP contribution in [0.3, 0.4) is 0 Å². The van der Waals surface area contributed by atoms with Crippen molar-refractivity contribution in [2.24, 2.45) is 0 Å². The van der Waals surface area contributed by atoms with E-state index in [2.05, 4.69) is 14.4 Å². The van der Waals surface area contributed by atoms with Gasteiger partial charge in [0.15, 0.2) is 0 Å². The lowest BCUT2D eigenvalue weighted by Gasteiger charge is -2.11. The number of hydrogen-bond acceptors (Lipinski definition) is 5. The number of alkyl halides is 3. The topological polar surface area (TPSA) is 72.2 Å². The van der Waals surface area contributed by atoms with Gasteiger partial charge in [-0.3, -0.25) is 4.72 Å². The molecule has 2 heterocycles. The zero-order chi connectivity index (χ0) is 20.0. The van der Waals surface area contributed by atoms with Crippen LogP contribution in [0.25, 0.3) is 10.6 Å². The fourth-order valence-corrected chi connectivity index (χ4v) is 5.11. The average molecular weight is 416 g/mol. The van der Waals surface area contributed by atoms with Crippen LogP contribution < -0.4 is 4.72 Å². The average Bonchev–Trinajstić information content (AvgIpc) is 3.18. The molecule has 0 fully saturated rings. The Balaban J connectivity index is 1.96. The molecule has 0 atom stereocenters. The molecule has 0 saturated carbocycles. The summed E-state index contributed by atoms with van der Waals surface area (Å²) in [6.45, 7) is 5.24. The molecule has 27 heavy (non-hydrogen) atoms. The Morgan fingerprint density at radius 2 is 1.85 bits per heavy atom. The summed E-state index contributed by atoms with van der Waals surface area (Å²) in [6.07, 6.45) is -4.66. The van der Waals surface area contributed by atoms with Gasteiger partial charge in [-0.05, 0) is 44.0 Å². The largest absolute Gasteiger partial charge is 0.452 e. The van der Waals surface area contributed by atoms with Gasteiger partial charge in [0, 0.05) is 10.9 Å². The van der Waals surface area contributed by atoms with Gasteiger partial charge in [-0.2, -0.15) is 13.2 Å². The van der Waals surface area contributed by atoms with Gasteiger partial charge < -0.3 is 4.52 Å². The summed E-state index contributed by atoms with van der Waals surface area (Å²) < 4.78 is 70.4. The van der Waals surface area contributed by atoms with Crippen LogP contribution in [-0.2, 0) is 16.2 Å². The van der Waals surface area contributed by atoms with E-state index in [9.17, 15) is 21.6 Å². The van der Waals surface area contributed by atoms with Crippen LogP contribution in [-0.4, -0.2) is 13.6 Å². The summed E-state index contributed by atoms with van der Waals surface area (Å²) in [6, 6.07) is 7.30. The highest BCUT2D eigenvalue weighted by molar-refractivity contribution is 7.93. The first kappa shape index (κ1) is 19.4. The molecule has 0 amide bonds. The van der Waals surface area contributed by atoms with E-state index in [4.69, 9.17) is 0 Å². The third kappa shape index (κ3) is 3.86. The van der Waals surface area contributed by atoms with Crippen molar-refractivity contribution < 1.29 is 26.1 Å². The molecular formula is C17H15F3N2O3S2. The van der Waals surface area contributed by atoms with Crippen molar-refractivity contribution in [1.29, 1.82) is 0 Å². The SMILES string of the molecule is Cc1cccc(NS(=O)(=O)c2cc(-c3cc(C(F)(F)F)on3)sc2C)c1C. The van der Waals surface area contributed by atoms with Crippen molar-refractivity contribution >= 4 is 27.0 Å². The first-order chi connectivity index (χ1) is 12.5. The van der Waals surface area contributed by atoms with Crippen LogP contribution in [0.5, 0.6) is 0 Å². The minimum absolute atomic E-state index is 0.0139. The second-order valence-electron chi connectivity index (χ2n) is 5.96. The number of hydrogen-bond donors (Lipinski definition) is 1. The zero-order valence-electron chi connectivity index (χ0n) is 14.5. The van der Waals surface area contributed by atoms with Gasteiger partial charge >= 0.3 is 6.18 Å². The van der Waals surface area contributed by atoms with Crippen molar-refractivity contribution in [3.8, 4) is 10.6 Å².